The van der Waals surface area contributed by atoms with Crippen molar-refractivity contribution in [3.05, 3.63) is 88.3 Å². The fraction of sp³-hybridized carbons (Fsp3) is 0.185. The summed E-state index contributed by atoms with van der Waals surface area (Å²) in [6, 6.07) is 18.4. The van der Waals surface area contributed by atoms with Gasteiger partial charge in [0.1, 0.15) is 17.1 Å². The van der Waals surface area contributed by atoms with Crippen LogP contribution in [0.1, 0.15) is 17.5 Å². The molecule has 1 heterocycles. The molecule has 0 fully saturated rings. The third kappa shape index (κ3) is 5.48. The number of fused-ring (bicyclic) bond motifs is 1. The molecule has 3 aromatic carbocycles. The van der Waals surface area contributed by atoms with Crippen molar-refractivity contribution in [1.82, 2.24) is 4.72 Å². The van der Waals surface area contributed by atoms with Crippen LogP contribution in [0.2, 0.25) is 0 Å². The van der Waals surface area contributed by atoms with Gasteiger partial charge in [-0.25, -0.2) is 17.9 Å². The maximum absolute atomic E-state index is 12.4. The Morgan fingerprint density at radius 3 is 2.33 bits per heavy atom. The zero-order valence-electron chi connectivity index (χ0n) is 20.0. The normalized spacial score (nSPS) is 11.4. The predicted molar refractivity (Wildman–Crippen MR) is 136 cm³/mol. The van der Waals surface area contributed by atoms with Gasteiger partial charge in [-0.3, -0.25) is 4.79 Å². The third-order valence-corrected chi connectivity index (χ3v) is 7.17. The molecular weight excluding hydrogens is 482 g/mol. The number of hydrogen-bond acceptors (Lipinski definition) is 7. The van der Waals surface area contributed by atoms with Crippen LogP contribution in [-0.4, -0.2) is 28.0 Å². The highest BCUT2D eigenvalue weighted by molar-refractivity contribution is 7.89. The predicted octanol–water partition coefficient (Wildman–Crippen LogP) is 4.36. The Kier molecular flexibility index (Phi) is 7.23. The average Bonchev–Trinajstić information content (AvgIpc) is 2.86. The third-order valence-electron chi connectivity index (χ3n) is 5.69. The minimum absolute atomic E-state index is 0.120. The number of carbonyl (C=O) groups is 1. The number of sulfonamides is 1. The minimum Gasteiger partial charge on any atom is -0.497 e. The minimum atomic E-state index is -3.74. The van der Waals surface area contributed by atoms with Gasteiger partial charge in [-0.05, 0) is 61.4 Å². The lowest BCUT2D eigenvalue weighted by molar-refractivity contribution is -0.134. The highest BCUT2D eigenvalue weighted by Gasteiger charge is 2.17. The molecule has 8 nitrogen and oxygen atoms in total. The van der Waals surface area contributed by atoms with E-state index in [0.29, 0.717) is 27.8 Å². The molecule has 0 saturated heterocycles. The van der Waals surface area contributed by atoms with Crippen molar-refractivity contribution in [3.8, 4) is 22.6 Å². The number of esters is 1. The number of ether oxygens (including phenoxy) is 2. The fourth-order valence-electron chi connectivity index (χ4n) is 3.72. The lowest BCUT2D eigenvalue weighted by atomic mass is 10.00. The number of nitrogens with one attached hydrogen (secondary N) is 1. The van der Waals surface area contributed by atoms with Gasteiger partial charge in [0.15, 0.2) is 0 Å². The summed E-state index contributed by atoms with van der Waals surface area (Å²) in [6.07, 6.45) is -0.182. The summed E-state index contributed by atoms with van der Waals surface area (Å²) in [7, 11) is -2.16. The quantitative estimate of drug-likeness (QED) is 0.214. The van der Waals surface area contributed by atoms with Gasteiger partial charge in [0.05, 0.1) is 18.4 Å². The van der Waals surface area contributed by atoms with Crippen LogP contribution < -0.4 is 19.8 Å². The Bertz CT molecular complexity index is 1570. The van der Waals surface area contributed by atoms with Crippen molar-refractivity contribution >= 4 is 27.0 Å². The molecule has 0 spiro atoms. The van der Waals surface area contributed by atoms with Gasteiger partial charge >= 0.3 is 11.6 Å². The standard InChI is InChI=1S/C27H25NO7S/c1-17-4-10-21(11-5-17)36(31,32)28-15-14-25(29)34-24-13-12-22-23(16-26(30)35-27(22)18(24)2)19-6-8-20(33-3)9-7-19/h4-13,16,28H,14-15H2,1-3H3. The van der Waals surface area contributed by atoms with Gasteiger partial charge in [0.2, 0.25) is 10.0 Å². The van der Waals surface area contributed by atoms with Crippen molar-refractivity contribution in [2.45, 2.75) is 25.2 Å². The maximum Gasteiger partial charge on any atom is 0.336 e. The van der Waals surface area contributed by atoms with Crippen LogP contribution in [0.15, 0.2) is 80.8 Å². The summed E-state index contributed by atoms with van der Waals surface area (Å²) in [6.45, 7) is 3.42. The molecule has 9 heteroatoms. The average molecular weight is 508 g/mol. The van der Waals surface area contributed by atoms with Crippen molar-refractivity contribution in [1.29, 1.82) is 0 Å². The van der Waals surface area contributed by atoms with Gasteiger partial charge in [0.25, 0.3) is 0 Å². The molecule has 1 N–H and O–H groups in total. The van der Waals surface area contributed by atoms with Crippen LogP contribution in [0.5, 0.6) is 11.5 Å². The first-order chi connectivity index (χ1) is 17.2. The molecule has 0 aliphatic carbocycles. The number of benzene rings is 3. The topological polar surface area (TPSA) is 112 Å². The molecule has 4 rings (SSSR count). The van der Waals surface area contributed by atoms with Gasteiger partial charge in [0, 0.05) is 23.6 Å². The van der Waals surface area contributed by atoms with Crippen molar-refractivity contribution in [2.24, 2.45) is 0 Å². The highest BCUT2D eigenvalue weighted by Crippen LogP contribution is 2.33. The van der Waals surface area contributed by atoms with Crippen molar-refractivity contribution < 1.29 is 27.1 Å². The smallest absolute Gasteiger partial charge is 0.336 e. The number of aryl methyl sites for hydroxylation is 2. The van der Waals surface area contributed by atoms with Gasteiger partial charge in [-0.2, -0.15) is 0 Å². The van der Waals surface area contributed by atoms with E-state index in [1.807, 2.05) is 19.1 Å². The molecule has 36 heavy (non-hydrogen) atoms. The molecule has 186 valence electrons. The number of methoxy groups -OCH3 is 1. The second-order valence-electron chi connectivity index (χ2n) is 8.21. The molecule has 0 unspecified atom stereocenters. The Labute approximate surface area is 208 Å². The molecule has 0 radical (unpaired) electrons. The van der Waals surface area contributed by atoms with Gasteiger partial charge in [-0.1, -0.05) is 29.8 Å². The fourth-order valence-corrected chi connectivity index (χ4v) is 4.76. The van der Waals surface area contributed by atoms with E-state index >= 15 is 0 Å². The largest absolute Gasteiger partial charge is 0.497 e. The summed E-state index contributed by atoms with van der Waals surface area (Å²) in [5.74, 6) is 0.291. The van der Waals surface area contributed by atoms with E-state index in [4.69, 9.17) is 13.9 Å². The summed E-state index contributed by atoms with van der Waals surface area (Å²) >= 11 is 0. The first kappa shape index (κ1) is 25.2. The maximum atomic E-state index is 12.4. The second-order valence-corrected chi connectivity index (χ2v) is 9.97. The van der Waals surface area contributed by atoms with E-state index in [-0.39, 0.29) is 23.6 Å². The first-order valence-corrected chi connectivity index (χ1v) is 12.6. The molecule has 0 atom stereocenters. The Morgan fingerprint density at radius 1 is 0.972 bits per heavy atom. The Hall–Kier alpha value is -3.95. The molecular formula is C27H25NO7S. The summed E-state index contributed by atoms with van der Waals surface area (Å²) < 4.78 is 43.3. The zero-order chi connectivity index (χ0) is 25.9. The molecule has 0 aliphatic rings. The van der Waals surface area contributed by atoms with Crippen LogP contribution in [0.4, 0.5) is 0 Å². The van der Waals surface area contributed by atoms with Crippen LogP contribution >= 0.6 is 0 Å². The number of hydrogen-bond donors (Lipinski definition) is 1. The summed E-state index contributed by atoms with van der Waals surface area (Å²) in [5, 5.41) is 0.683. The van der Waals surface area contributed by atoms with Gasteiger partial charge < -0.3 is 13.9 Å². The summed E-state index contributed by atoms with van der Waals surface area (Å²) in [5.41, 5.74) is 2.67. The highest BCUT2D eigenvalue weighted by atomic mass is 32.2. The molecule has 4 aromatic rings. The molecule has 0 aliphatic heterocycles. The Morgan fingerprint density at radius 2 is 1.67 bits per heavy atom. The lowest BCUT2D eigenvalue weighted by Gasteiger charge is -2.12. The van der Waals surface area contributed by atoms with Crippen molar-refractivity contribution in [2.75, 3.05) is 13.7 Å². The zero-order valence-corrected chi connectivity index (χ0v) is 20.8. The SMILES string of the molecule is COc1ccc(-c2cc(=O)oc3c(C)c(OC(=O)CCNS(=O)(=O)c4ccc(C)cc4)ccc23)cc1. The van der Waals surface area contributed by atoms with Crippen molar-refractivity contribution in [3.63, 3.8) is 0 Å². The number of rotatable bonds is 8. The second kappa shape index (κ2) is 10.3. The van der Waals surface area contributed by atoms with E-state index in [1.54, 1.807) is 50.4 Å². The first-order valence-electron chi connectivity index (χ1n) is 11.2. The summed E-state index contributed by atoms with van der Waals surface area (Å²) in [4.78, 5) is 24.8. The van der Waals surface area contributed by atoms with Crippen LogP contribution in [0, 0.1) is 13.8 Å². The van der Waals surface area contributed by atoms with Crippen LogP contribution in [0.25, 0.3) is 22.1 Å². The van der Waals surface area contributed by atoms with E-state index in [0.717, 1.165) is 11.1 Å². The van der Waals surface area contributed by atoms with E-state index in [9.17, 15) is 18.0 Å². The molecule has 0 bridgehead atoms. The molecule has 0 saturated carbocycles. The monoisotopic (exact) mass is 507 g/mol. The van der Waals surface area contributed by atoms with E-state index in [1.165, 1.54) is 18.2 Å². The molecule has 1 aromatic heterocycles. The number of carbonyl (C=O) groups excluding carboxylic acids is 1. The lowest BCUT2D eigenvalue weighted by Crippen LogP contribution is -2.27. The van der Waals surface area contributed by atoms with E-state index < -0.39 is 21.6 Å². The van der Waals surface area contributed by atoms with Crippen LogP contribution in [-0.2, 0) is 14.8 Å². The van der Waals surface area contributed by atoms with Gasteiger partial charge in [-0.15, -0.1) is 0 Å². The van der Waals surface area contributed by atoms with Crippen LogP contribution in [0.3, 0.4) is 0 Å². The van der Waals surface area contributed by atoms with E-state index in [2.05, 4.69) is 4.72 Å². The molecule has 0 amide bonds. The Balaban J connectivity index is 1.50.